The van der Waals surface area contributed by atoms with E-state index in [4.69, 9.17) is 10.9 Å². The fourth-order valence-electron chi connectivity index (χ4n) is 1.24. The highest BCUT2D eigenvalue weighted by atomic mass is 16.4. The van der Waals surface area contributed by atoms with Crippen molar-refractivity contribution < 1.29 is 10.0 Å². The van der Waals surface area contributed by atoms with Crippen molar-refractivity contribution in [2.75, 3.05) is 20.6 Å². The molecule has 0 bridgehead atoms. The van der Waals surface area contributed by atoms with Crippen molar-refractivity contribution in [3.05, 3.63) is 0 Å². The summed E-state index contributed by atoms with van der Waals surface area (Å²) in [5.74, 6) is -0.348. The molecule has 0 saturated heterocycles. The topological polar surface area (TPSA) is 91.0 Å². The SMILES string of the molecule is CC(CN(C)C)NC(=O)C(C)(C)C(N)=NO. The van der Waals surface area contributed by atoms with Gasteiger partial charge in [0.25, 0.3) is 0 Å². The van der Waals surface area contributed by atoms with E-state index in [-0.39, 0.29) is 17.8 Å². The monoisotopic (exact) mass is 230 g/mol. The summed E-state index contributed by atoms with van der Waals surface area (Å²) < 4.78 is 0. The summed E-state index contributed by atoms with van der Waals surface area (Å²) in [5.41, 5.74) is 4.45. The van der Waals surface area contributed by atoms with E-state index in [9.17, 15) is 4.79 Å². The molecule has 6 heteroatoms. The zero-order valence-corrected chi connectivity index (χ0v) is 10.6. The number of oxime groups is 1. The summed E-state index contributed by atoms with van der Waals surface area (Å²) in [7, 11) is 3.86. The number of hydrogen-bond donors (Lipinski definition) is 3. The molecule has 0 fully saturated rings. The smallest absolute Gasteiger partial charge is 0.233 e. The highest BCUT2D eigenvalue weighted by molar-refractivity contribution is 6.05. The first-order chi connectivity index (χ1) is 7.21. The van der Waals surface area contributed by atoms with Gasteiger partial charge in [-0.15, -0.1) is 0 Å². The number of likely N-dealkylation sites (N-methyl/N-ethyl adjacent to an activating group) is 1. The van der Waals surface area contributed by atoms with Crippen LogP contribution >= 0.6 is 0 Å². The van der Waals surface area contributed by atoms with Crippen molar-refractivity contribution in [1.29, 1.82) is 0 Å². The standard InChI is InChI=1S/C10H22N4O2/c1-7(6-14(4)5)12-9(15)10(2,3)8(11)13-16/h7,16H,6H2,1-5H3,(H2,11,13)(H,12,15). The predicted octanol–water partition coefficient (Wildman–Crippen LogP) is -0.175. The van der Waals surface area contributed by atoms with Crippen LogP contribution in [0.1, 0.15) is 20.8 Å². The third kappa shape index (κ3) is 4.06. The molecule has 0 aliphatic rings. The third-order valence-corrected chi connectivity index (χ3v) is 2.33. The number of carbonyl (C=O) groups excluding carboxylic acids is 1. The van der Waals surface area contributed by atoms with E-state index in [0.717, 1.165) is 6.54 Å². The van der Waals surface area contributed by atoms with Crippen molar-refractivity contribution in [2.45, 2.75) is 26.8 Å². The lowest BCUT2D eigenvalue weighted by Crippen LogP contribution is -2.50. The lowest BCUT2D eigenvalue weighted by molar-refractivity contribution is -0.127. The van der Waals surface area contributed by atoms with Gasteiger partial charge in [-0.1, -0.05) is 5.16 Å². The largest absolute Gasteiger partial charge is 0.409 e. The Balaban J connectivity index is 4.46. The van der Waals surface area contributed by atoms with E-state index >= 15 is 0 Å². The number of hydrogen-bond acceptors (Lipinski definition) is 4. The maximum Gasteiger partial charge on any atom is 0.233 e. The van der Waals surface area contributed by atoms with Crippen molar-refractivity contribution in [3.8, 4) is 0 Å². The Morgan fingerprint density at radius 3 is 2.44 bits per heavy atom. The van der Waals surface area contributed by atoms with E-state index in [0.29, 0.717) is 0 Å². The average molecular weight is 230 g/mol. The maximum atomic E-state index is 11.9. The first-order valence-electron chi connectivity index (χ1n) is 5.15. The molecule has 6 nitrogen and oxygen atoms in total. The molecule has 0 aliphatic carbocycles. The minimum atomic E-state index is -1.00. The van der Waals surface area contributed by atoms with Gasteiger partial charge < -0.3 is 21.2 Å². The highest BCUT2D eigenvalue weighted by Gasteiger charge is 2.33. The Hall–Kier alpha value is -1.30. The second kappa shape index (κ2) is 5.69. The van der Waals surface area contributed by atoms with Gasteiger partial charge in [0.2, 0.25) is 5.91 Å². The van der Waals surface area contributed by atoms with Crippen molar-refractivity contribution in [1.82, 2.24) is 10.2 Å². The molecule has 1 unspecified atom stereocenters. The first kappa shape index (κ1) is 14.7. The Bertz CT molecular complexity index is 274. The first-order valence-corrected chi connectivity index (χ1v) is 5.15. The molecule has 1 atom stereocenters. The second-order valence-corrected chi connectivity index (χ2v) is 4.75. The number of rotatable bonds is 5. The van der Waals surface area contributed by atoms with Crippen molar-refractivity contribution in [3.63, 3.8) is 0 Å². The van der Waals surface area contributed by atoms with Crippen LogP contribution < -0.4 is 11.1 Å². The van der Waals surface area contributed by atoms with Gasteiger partial charge in [-0.25, -0.2) is 0 Å². The Labute approximate surface area is 96.5 Å². The van der Waals surface area contributed by atoms with E-state index < -0.39 is 5.41 Å². The lowest BCUT2D eigenvalue weighted by Gasteiger charge is -2.25. The van der Waals surface area contributed by atoms with Crippen LogP contribution in [0.15, 0.2) is 5.16 Å². The number of amides is 1. The van der Waals surface area contributed by atoms with E-state index in [1.165, 1.54) is 0 Å². The highest BCUT2D eigenvalue weighted by Crippen LogP contribution is 2.15. The quantitative estimate of drug-likeness (QED) is 0.264. The Morgan fingerprint density at radius 1 is 1.56 bits per heavy atom. The lowest BCUT2D eigenvalue weighted by atomic mass is 9.90. The van der Waals surface area contributed by atoms with Crippen LogP contribution in [0.4, 0.5) is 0 Å². The predicted molar refractivity (Wildman–Crippen MR) is 63.3 cm³/mol. The normalized spacial score (nSPS) is 15.0. The van der Waals surface area contributed by atoms with Gasteiger partial charge in [0, 0.05) is 12.6 Å². The minimum Gasteiger partial charge on any atom is -0.409 e. The summed E-state index contributed by atoms with van der Waals surface area (Å²) in [4.78, 5) is 13.8. The Kier molecular flexibility index (Phi) is 5.23. The molecule has 16 heavy (non-hydrogen) atoms. The summed E-state index contributed by atoms with van der Waals surface area (Å²) in [6.45, 7) is 5.86. The van der Waals surface area contributed by atoms with Gasteiger partial charge in [0.15, 0.2) is 5.84 Å². The molecule has 4 N–H and O–H groups in total. The molecule has 0 rings (SSSR count). The van der Waals surface area contributed by atoms with E-state index in [1.54, 1.807) is 13.8 Å². The van der Waals surface area contributed by atoms with E-state index in [2.05, 4.69) is 10.5 Å². The number of nitrogens with two attached hydrogens (primary N) is 1. The summed E-state index contributed by atoms with van der Waals surface area (Å²) >= 11 is 0. The second-order valence-electron chi connectivity index (χ2n) is 4.75. The third-order valence-electron chi connectivity index (χ3n) is 2.33. The van der Waals surface area contributed by atoms with Gasteiger partial charge in [0.05, 0.1) is 0 Å². The Morgan fingerprint density at radius 2 is 2.06 bits per heavy atom. The van der Waals surface area contributed by atoms with Gasteiger partial charge >= 0.3 is 0 Å². The van der Waals surface area contributed by atoms with Gasteiger partial charge in [0.1, 0.15) is 5.41 Å². The molecule has 94 valence electrons. The summed E-state index contributed by atoms with van der Waals surface area (Å²) in [6.07, 6.45) is 0. The number of nitrogens with zero attached hydrogens (tertiary/aromatic N) is 2. The summed E-state index contributed by atoms with van der Waals surface area (Å²) in [6, 6.07) is 0.00766. The molecular formula is C10H22N4O2. The van der Waals surface area contributed by atoms with Crippen LogP contribution in [0, 0.1) is 5.41 Å². The van der Waals surface area contributed by atoms with Crippen LogP contribution in [-0.2, 0) is 4.79 Å². The van der Waals surface area contributed by atoms with Crippen molar-refractivity contribution >= 4 is 11.7 Å². The number of amidine groups is 1. The van der Waals surface area contributed by atoms with E-state index in [1.807, 2.05) is 25.9 Å². The van der Waals surface area contributed by atoms with Crippen LogP contribution in [-0.4, -0.2) is 48.5 Å². The fraction of sp³-hybridized carbons (Fsp3) is 0.800. The maximum absolute atomic E-state index is 11.9. The molecule has 0 aliphatic heterocycles. The van der Waals surface area contributed by atoms with Crippen LogP contribution in [0.2, 0.25) is 0 Å². The number of nitrogens with one attached hydrogen (secondary N) is 1. The molecule has 0 aromatic carbocycles. The molecule has 0 radical (unpaired) electrons. The minimum absolute atomic E-state index is 0.00766. The fourth-order valence-corrected chi connectivity index (χ4v) is 1.24. The molecule has 0 heterocycles. The van der Waals surface area contributed by atoms with Crippen molar-refractivity contribution in [2.24, 2.45) is 16.3 Å². The molecule has 0 aromatic heterocycles. The van der Waals surface area contributed by atoms with Crippen LogP contribution in [0.25, 0.3) is 0 Å². The molecule has 1 amide bonds. The van der Waals surface area contributed by atoms with Gasteiger partial charge in [-0.3, -0.25) is 4.79 Å². The molecule has 0 aromatic rings. The summed E-state index contributed by atoms with van der Waals surface area (Å²) in [5, 5.41) is 14.3. The van der Waals surface area contributed by atoms with Crippen LogP contribution in [0.3, 0.4) is 0 Å². The molecule has 0 spiro atoms. The van der Waals surface area contributed by atoms with Gasteiger partial charge in [-0.05, 0) is 34.9 Å². The average Bonchev–Trinajstić information content (AvgIpc) is 2.14. The zero-order valence-electron chi connectivity index (χ0n) is 10.6. The zero-order chi connectivity index (χ0) is 12.9. The van der Waals surface area contributed by atoms with Crippen LogP contribution in [0.5, 0.6) is 0 Å². The van der Waals surface area contributed by atoms with Gasteiger partial charge in [-0.2, -0.15) is 0 Å². The number of carbonyl (C=O) groups is 1. The molecule has 0 saturated carbocycles. The molecular weight excluding hydrogens is 208 g/mol.